The number of rotatable bonds is 3. The van der Waals surface area contributed by atoms with Crippen molar-refractivity contribution < 1.29 is 9.59 Å². The fourth-order valence-corrected chi connectivity index (χ4v) is 3.75. The van der Waals surface area contributed by atoms with E-state index in [2.05, 4.69) is 0 Å². The van der Waals surface area contributed by atoms with Gasteiger partial charge >= 0.3 is 0 Å². The van der Waals surface area contributed by atoms with Gasteiger partial charge in [-0.05, 0) is 18.4 Å². The summed E-state index contributed by atoms with van der Waals surface area (Å²) in [6, 6.07) is 8.84. The van der Waals surface area contributed by atoms with Crippen molar-refractivity contribution in [3.8, 4) is 0 Å². The number of nitrogens with zero attached hydrogens (tertiary/aromatic N) is 2. The van der Waals surface area contributed by atoms with Crippen LogP contribution < -0.4 is 5.73 Å². The molecule has 1 saturated heterocycles. The number of carbonyl (C=O) groups is 2. The van der Waals surface area contributed by atoms with E-state index in [1.807, 2.05) is 35.2 Å². The van der Waals surface area contributed by atoms with E-state index in [0.29, 0.717) is 26.2 Å². The van der Waals surface area contributed by atoms with Crippen molar-refractivity contribution in [3.63, 3.8) is 0 Å². The van der Waals surface area contributed by atoms with Crippen molar-refractivity contribution in [2.75, 3.05) is 26.2 Å². The number of hydrogen-bond acceptors (Lipinski definition) is 3. The van der Waals surface area contributed by atoms with Gasteiger partial charge < -0.3 is 15.5 Å². The number of piperazine rings is 1. The predicted molar refractivity (Wildman–Crippen MR) is 93.1 cm³/mol. The van der Waals surface area contributed by atoms with Gasteiger partial charge in [0.25, 0.3) is 0 Å². The van der Waals surface area contributed by atoms with Gasteiger partial charge in [0.15, 0.2) is 0 Å². The van der Waals surface area contributed by atoms with E-state index in [1.54, 1.807) is 4.90 Å². The first kappa shape index (κ1) is 17.0. The van der Waals surface area contributed by atoms with Crippen molar-refractivity contribution in [1.29, 1.82) is 0 Å². The highest BCUT2D eigenvalue weighted by molar-refractivity contribution is 5.84. The monoisotopic (exact) mass is 329 g/mol. The van der Waals surface area contributed by atoms with Crippen molar-refractivity contribution >= 4 is 11.8 Å². The minimum absolute atomic E-state index is 0.0500. The van der Waals surface area contributed by atoms with Crippen LogP contribution in [0.3, 0.4) is 0 Å². The molecule has 1 unspecified atom stereocenters. The van der Waals surface area contributed by atoms with E-state index >= 15 is 0 Å². The molecule has 1 aliphatic heterocycles. The molecular formula is C19H27N3O2. The molecule has 5 heteroatoms. The number of hydrogen-bond donors (Lipinski definition) is 1. The normalized spacial score (nSPS) is 20.7. The summed E-state index contributed by atoms with van der Waals surface area (Å²) < 4.78 is 0. The van der Waals surface area contributed by atoms with Crippen LogP contribution in [-0.2, 0) is 9.59 Å². The lowest BCUT2D eigenvalue weighted by atomic mass is 9.88. The highest BCUT2D eigenvalue weighted by atomic mass is 16.2. The fraction of sp³-hybridized carbons (Fsp3) is 0.579. The van der Waals surface area contributed by atoms with Crippen LogP contribution in [-0.4, -0.2) is 47.8 Å². The molecular weight excluding hydrogens is 302 g/mol. The lowest BCUT2D eigenvalue weighted by Gasteiger charge is -2.38. The number of nitrogens with two attached hydrogens (primary N) is 1. The first-order valence-electron chi connectivity index (χ1n) is 9.05. The Labute approximate surface area is 143 Å². The van der Waals surface area contributed by atoms with E-state index in [0.717, 1.165) is 18.4 Å². The zero-order chi connectivity index (χ0) is 16.9. The molecule has 1 saturated carbocycles. The van der Waals surface area contributed by atoms with Crippen LogP contribution >= 0.6 is 0 Å². The summed E-state index contributed by atoms with van der Waals surface area (Å²) in [4.78, 5) is 28.9. The molecule has 0 bridgehead atoms. The largest absolute Gasteiger partial charge is 0.339 e. The van der Waals surface area contributed by atoms with Crippen LogP contribution in [0, 0.1) is 5.92 Å². The fourth-order valence-electron chi connectivity index (χ4n) is 3.75. The van der Waals surface area contributed by atoms with Gasteiger partial charge in [0.05, 0.1) is 0 Å². The third-order valence-electron chi connectivity index (χ3n) is 5.28. The maximum absolute atomic E-state index is 12.6. The SMILES string of the molecule is NC(C(=O)N1CCN(C(=O)C2CCCCC2)CC1)c1ccccc1. The second-order valence-electron chi connectivity index (χ2n) is 6.87. The molecule has 2 N–H and O–H groups in total. The Morgan fingerprint density at radius 3 is 2.12 bits per heavy atom. The lowest BCUT2D eigenvalue weighted by Crippen LogP contribution is -2.53. The van der Waals surface area contributed by atoms with Crippen LogP contribution in [0.25, 0.3) is 0 Å². The molecule has 5 nitrogen and oxygen atoms in total. The van der Waals surface area contributed by atoms with Crippen LogP contribution in [0.15, 0.2) is 30.3 Å². The minimum atomic E-state index is -0.619. The molecule has 0 radical (unpaired) electrons. The standard InChI is InChI=1S/C19H27N3O2/c20-17(15-7-3-1-4-8-15)19(24)22-13-11-21(12-14-22)18(23)16-9-5-2-6-10-16/h1,3-4,7-8,16-17H,2,5-6,9-14,20H2. The first-order valence-corrected chi connectivity index (χ1v) is 9.05. The smallest absolute Gasteiger partial charge is 0.244 e. The summed E-state index contributed by atoms with van der Waals surface area (Å²) in [6.07, 6.45) is 5.64. The first-order chi connectivity index (χ1) is 11.7. The Balaban J connectivity index is 1.53. The second kappa shape index (κ2) is 7.79. The molecule has 2 aliphatic rings. The Hall–Kier alpha value is -1.88. The number of benzene rings is 1. The van der Waals surface area contributed by atoms with Gasteiger partial charge in [-0.2, -0.15) is 0 Å². The summed E-state index contributed by atoms with van der Waals surface area (Å²) in [6.45, 7) is 2.42. The average Bonchev–Trinajstić information content (AvgIpc) is 2.68. The zero-order valence-corrected chi connectivity index (χ0v) is 14.2. The van der Waals surface area contributed by atoms with Crippen molar-refractivity contribution in [3.05, 3.63) is 35.9 Å². The molecule has 130 valence electrons. The van der Waals surface area contributed by atoms with Gasteiger partial charge in [0, 0.05) is 32.1 Å². The summed E-state index contributed by atoms with van der Waals surface area (Å²) in [5, 5.41) is 0. The quantitative estimate of drug-likeness (QED) is 0.921. The maximum Gasteiger partial charge on any atom is 0.244 e. The molecule has 2 amide bonds. The van der Waals surface area contributed by atoms with E-state index in [9.17, 15) is 9.59 Å². The van der Waals surface area contributed by atoms with E-state index in [1.165, 1.54) is 19.3 Å². The minimum Gasteiger partial charge on any atom is -0.339 e. The summed E-state index contributed by atoms with van der Waals surface area (Å²) in [7, 11) is 0. The summed E-state index contributed by atoms with van der Waals surface area (Å²) >= 11 is 0. The van der Waals surface area contributed by atoms with E-state index < -0.39 is 6.04 Å². The topological polar surface area (TPSA) is 66.6 Å². The molecule has 1 aliphatic carbocycles. The molecule has 1 aromatic rings. The third kappa shape index (κ3) is 3.78. The zero-order valence-electron chi connectivity index (χ0n) is 14.2. The molecule has 1 atom stereocenters. The summed E-state index contributed by atoms with van der Waals surface area (Å²) in [5.74, 6) is 0.438. The molecule has 0 aromatic heterocycles. The lowest BCUT2D eigenvalue weighted by molar-refractivity contribution is -0.143. The predicted octanol–water partition coefficient (Wildman–Crippen LogP) is 1.94. The Kier molecular flexibility index (Phi) is 5.51. The molecule has 3 rings (SSSR count). The molecule has 24 heavy (non-hydrogen) atoms. The highest BCUT2D eigenvalue weighted by Gasteiger charge is 2.31. The van der Waals surface area contributed by atoms with Crippen molar-refractivity contribution in [2.45, 2.75) is 38.1 Å². The average molecular weight is 329 g/mol. The second-order valence-corrected chi connectivity index (χ2v) is 6.87. The van der Waals surface area contributed by atoms with Crippen molar-refractivity contribution in [2.24, 2.45) is 11.7 Å². The number of carbonyl (C=O) groups excluding carboxylic acids is 2. The Morgan fingerprint density at radius 1 is 0.917 bits per heavy atom. The van der Waals surface area contributed by atoms with Gasteiger partial charge in [-0.1, -0.05) is 49.6 Å². The van der Waals surface area contributed by atoms with Crippen LogP contribution in [0.4, 0.5) is 0 Å². The van der Waals surface area contributed by atoms with Gasteiger partial charge in [-0.25, -0.2) is 0 Å². The van der Waals surface area contributed by atoms with Gasteiger partial charge in [0.2, 0.25) is 11.8 Å². The van der Waals surface area contributed by atoms with Crippen LogP contribution in [0.5, 0.6) is 0 Å². The molecule has 0 spiro atoms. The molecule has 2 fully saturated rings. The highest BCUT2D eigenvalue weighted by Crippen LogP contribution is 2.26. The maximum atomic E-state index is 12.6. The van der Waals surface area contributed by atoms with Gasteiger partial charge in [-0.3, -0.25) is 9.59 Å². The third-order valence-corrected chi connectivity index (χ3v) is 5.28. The summed E-state index contributed by atoms with van der Waals surface area (Å²) in [5.41, 5.74) is 6.95. The molecule has 1 heterocycles. The van der Waals surface area contributed by atoms with E-state index in [4.69, 9.17) is 5.73 Å². The van der Waals surface area contributed by atoms with Gasteiger partial charge in [0.1, 0.15) is 6.04 Å². The van der Waals surface area contributed by atoms with Crippen LogP contribution in [0.2, 0.25) is 0 Å². The van der Waals surface area contributed by atoms with Crippen LogP contribution in [0.1, 0.15) is 43.7 Å². The van der Waals surface area contributed by atoms with E-state index in [-0.39, 0.29) is 17.7 Å². The Bertz CT molecular complexity index is 561. The van der Waals surface area contributed by atoms with Gasteiger partial charge in [-0.15, -0.1) is 0 Å². The number of amides is 2. The Morgan fingerprint density at radius 2 is 1.50 bits per heavy atom. The molecule has 1 aromatic carbocycles. The van der Waals surface area contributed by atoms with Crippen molar-refractivity contribution in [1.82, 2.24) is 9.80 Å².